The van der Waals surface area contributed by atoms with Crippen LogP contribution >= 0.6 is 24.0 Å². The first kappa shape index (κ1) is 10.5. The minimum atomic E-state index is -0.265. The van der Waals surface area contributed by atoms with Gasteiger partial charge in [0.25, 0.3) is 0 Å². The summed E-state index contributed by atoms with van der Waals surface area (Å²) in [7, 11) is 0. The molecule has 1 aliphatic rings. The van der Waals surface area contributed by atoms with E-state index in [0.29, 0.717) is 6.42 Å². The highest BCUT2D eigenvalue weighted by Gasteiger charge is 2.29. The Morgan fingerprint density at radius 3 is 2.77 bits per heavy atom. The second-order valence-corrected chi connectivity index (χ2v) is 4.83. The summed E-state index contributed by atoms with van der Waals surface area (Å²) in [4.78, 5) is 5.21. The Morgan fingerprint density at radius 2 is 2.38 bits per heavy atom. The van der Waals surface area contributed by atoms with Crippen molar-refractivity contribution in [2.45, 2.75) is 25.9 Å². The Labute approximate surface area is 86.4 Å². The van der Waals surface area contributed by atoms with E-state index in [1.54, 1.807) is 0 Å². The Hall–Kier alpha value is -0.620. The van der Waals surface area contributed by atoms with E-state index in [2.05, 4.69) is 17.4 Å². The summed E-state index contributed by atoms with van der Waals surface area (Å²) >= 11 is 5.81. The highest BCUT2D eigenvalue weighted by molar-refractivity contribution is 8.28. The van der Waals surface area contributed by atoms with E-state index in [9.17, 15) is 0 Å². The predicted molar refractivity (Wildman–Crippen MR) is 59.3 cm³/mol. The molecule has 0 aromatic rings. The summed E-state index contributed by atoms with van der Waals surface area (Å²) in [6, 6.07) is 0. The lowest BCUT2D eigenvalue weighted by molar-refractivity contribution is 0.0123. The van der Waals surface area contributed by atoms with Crippen molar-refractivity contribution >= 4 is 39.1 Å². The first-order valence-electron chi connectivity index (χ1n) is 3.72. The molecule has 1 rings (SSSR count). The van der Waals surface area contributed by atoms with Crippen molar-refractivity contribution in [3.05, 3.63) is 0 Å². The van der Waals surface area contributed by atoms with Crippen molar-refractivity contribution in [3.63, 3.8) is 0 Å². The van der Waals surface area contributed by atoms with Crippen LogP contribution in [-0.4, -0.2) is 20.7 Å². The molecule has 0 saturated carbocycles. The van der Waals surface area contributed by atoms with Crippen LogP contribution in [0.2, 0.25) is 0 Å². The highest BCUT2D eigenvalue weighted by Crippen LogP contribution is 2.27. The molecule has 6 heteroatoms. The SMILES string of the molecule is CC1(C)CC(SC(=N)C(N)=S)=NO1. The smallest absolute Gasteiger partial charge is 0.138 e. The summed E-state index contributed by atoms with van der Waals surface area (Å²) in [6.45, 7) is 3.88. The molecule has 0 atom stereocenters. The van der Waals surface area contributed by atoms with Crippen molar-refractivity contribution in [3.8, 4) is 0 Å². The topological polar surface area (TPSA) is 71.5 Å². The van der Waals surface area contributed by atoms with Crippen LogP contribution in [0.4, 0.5) is 0 Å². The van der Waals surface area contributed by atoms with Crippen molar-refractivity contribution < 1.29 is 4.84 Å². The zero-order valence-electron chi connectivity index (χ0n) is 7.46. The fourth-order valence-electron chi connectivity index (χ4n) is 0.826. The van der Waals surface area contributed by atoms with Gasteiger partial charge < -0.3 is 10.6 Å². The zero-order valence-corrected chi connectivity index (χ0v) is 9.09. The molecule has 4 nitrogen and oxygen atoms in total. The van der Waals surface area contributed by atoms with E-state index >= 15 is 0 Å². The van der Waals surface area contributed by atoms with Gasteiger partial charge in [-0.1, -0.05) is 17.4 Å². The van der Waals surface area contributed by atoms with Gasteiger partial charge in [0.1, 0.15) is 20.7 Å². The summed E-state index contributed by atoms with van der Waals surface area (Å²) in [5, 5.41) is 12.1. The lowest BCUT2D eigenvalue weighted by Gasteiger charge is -2.12. The van der Waals surface area contributed by atoms with Crippen molar-refractivity contribution in [2.75, 3.05) is 0 Å². The molecule has 0 aromatic heterocycles. The van der Waals surface area contributed by atoms with E-state index < -0.39 is 0 Å². The van der Waals surface area contributed by atoms with Gasteiger partial charge in [-0.3, -0.25) is 5.41 Å². The van der Waals surface area contributed by atoms with Gasteiger partial charge in [0.05, 0.1) is 0 Å². The van der Waals surface area contributed by atoms with Crippen molar-refractivity contribution in [1.29, 1.82) is 5.41 Å². The van der Waals surface area contributed by atoms with Gasteiger partial charge in [0.15, 0.2) is 0 Å². The third-order valence-corrected chi connectivity index (χ3v) is 2.63. The molecule has 3 N–H and O–H groups in total. The Kier molecular flexibility index (Phi) is 2.92. The number of nitrogens with zero attached hydrogens (tertiary/aromatic N) is 1. The second kappa shape index (κ2) is 3.63. The fraction of sp³-hybridized carbons (Fsp3) is 0.571. The maximum absolute atomic E-state index is 7.40. The van der Waals surface area contributed by atoms with Gasteiger partial charge in [-0.15, -0.1) is 0 Å². The molecule has 0 unspecified atom stereocenters. The Balaban J connectivity index is 2.50. The van der Waals surface area contributed by atoms with Crippen LogP contribution in [0, 0.1) is 5.41 Å². The average Bonchev–Trinajstić information content (AvgIpc) is 2.30. The largest absolute Gasteiger partial charge is 0.389 e. The predicted octanol–water partition coefficient (Wildman–Crippen LogP) is 1.50. The molecule has 13 heavy (non-hydrogen) atoms. The van der Waals surface area contributed by atoms with Crippen molar-refractivity contribution in [1.82, 2.24) is 0 Å². The second-order valence-electron chi connectivity index (χ2n) is 3.31. The quantitative estimate of drug-likeness (QED) is 0.366. The Bertz CT molecular complexity index is 285. The fourth-order valence-corrected chi connectivity index (χ4v) is 1.78. The molecule has 0 aromatic carbocycles. The van der Waals surface area contributed by atoms with Crippen LogP contribution in [0.3, 0.4) is 0 Å². The van der Waals surface area contributed by atoms with E-state index in [0.717, 1.165) is 16.8 Å². The van der Waals surface area contributed by atoms with E-state index in [1.165, 1.54) is 0 Å². The number of hydrogen-bond donors (Lipinski definition) is 2. The molecule has 0 aliphatic carbocycles. The number of rotatable bonds is 0. The number of thiocarbonyl (C=S) groups is 1. The molecular formula is C7H11N3OS2. The molecular weight excluding hydrogens is 206 g/mol. The molecule has 1 aliphatic heterocycles. The minimum absolute atomic E-state index is 0.0948. The first-order chi connectivity index (χ1) is 5.91. The maximum Gasteiger partial charge on any atom is 0.138 e. The van der Waals surface area contributed by atoms with Gasteiger partial charge in [-0.05, 0) is 25.6 Å². The summed E-state index contributed by atoms with van der Waals surface area (Å²) < 4.78 is 0. The normalized spacial score (nSPS) is 19.1. The first-order valence-corrected chi connectivity index (χ1v) is 4.94. The molecule has 0 fully saturated rings. The van der Waals surface area contributed by atoms with Crippen LogP contribution in [0.15, 0.2) is 5.16 Å². The summed E-state index contributed by atoms with van der Waals surface area (Å²) in [6.07, 6.45) is 0.697. The van der Waals surface area contributed by atoms with Gasteiger partial charge in [-0.25, -0.2) is 0 Å². The van der Waals surface area contributed by atoms with Crippen LogP contribution in [0.5, 0.6) is 0 Å². The molecule has 0 amide bonds. The molecule has 0 bridgehead atoms. The van der Waals surface area contributed by atoms with Crippen LogP contribution in [0.1, 0.15) is 20.3 Å². The van der Waals surface area contributed by atoms with Crippen LogP contribution in [0.25, 0.3) is 0 Å². The minimum Gasteiger partial charge on any atom is -0.389 e. The van der Waals surface area contributed by atoms with Crippen LogP contribution < -0.4 is 5.73 Å². The zero-order chi connectivity index (χ0) is 10.1. The third-order valence-electron chi connectivity index (χ3n) is 1.42. The van der Waals surface area contributed by atoms with Crippen molar-refractivity contribution in [2.24, 2.45) is 10.9 Å². The lowest BCUT2D eigenvalue weighted by Crippen LogP contribution is -2.21. The molecule has 0 saturated heterocycles. The van der Waals surface area contributed by atoms with E-state index in [4.69, 9.17) is 16.0 Å². The average molecular weight is 217 g/mol. The standard InChI is InChI=1S/C7H11N3OS2/c1-7(2)3-4(10-11-7)13-6(9)5(8)12/h9H,3H2,1-2H3,(H2,8,12). The molecule has 0 spiro atoms. The lowest BCUT2D eigenvalue weighted by atomic mass is 10.1. The van der Waals surface area contributed by atoms with Gasteiger partial charge in [0.2, 0.25) is 0 Å². The van der Waals surface area contributed by atoms with Gasteiger partial charge in [0, 0.05) is 6.42 Å². The van der Waals surface area contributed by atoms with E-state index in [-0.39, 0.29) is 15.6 Å². The van der Waals surface area contributed by atoms with Gasteiger partial charge >= 0.3 is 0 Å². The Morgan fingerprint density at radius 1 is 1.77 bits per heavy atom. The van der Waals surface area contributed by atoms with E-state index in [1.807, 2.05) is 13.8 Å². The summed E-state index contributed by atoms with van der Waals surface area (Å²) in [5.74, 6) is 0. The maximum atomic E-state index is 7.40. The molecule has 0 radical (unpaired) electrons. The van der Waals surface area contributed by atoms with Gasteiger partial charge in [-0.2, -0.15) is 0 Å². The monoisotopic (exact) mass is 217 g/mol. The number of hydrogen-bond acceptors (Lipinski definition) is 5. The van der Waals surface area contributed by atoms with Crippen LogP contribution in [-0.2, 0) is 4.84 Å². The number of nitrogens with one attached hydrogen (secondary N) is 1. The third kappa shape index (κ3) is 2.96. The number of thioether (sulfide) groups is 1. The molecule has 72 valence electrons. The number of nitrogens with two attached hydrogens (primary N) is 1. The number of oxime groups is 1. The summed E-state index contributed by atoms with van der Waals surface area (Å²) in [5.41, 5.74) is 5.01. The highest BCUT2D eigenvalue weighted by atomic mass is 32.2. The molecule has 1 heterocycles.